The summed E-state index contributed by atoms with van der Waals surface area (Å²) in [6.45, 7) is 0.517. The highest BCUT2D eigenvalue weighted by molar-refractivity contribution is 7.98. The molecular formula is C19H21NO4S. The molecule has 0 radical (unpaired) electrons. The number of nitrogens with one attached hydrogen (secondary N) is 1. The van der Waals surface area contributed by atoms with Crippen molar-refractivity contribution >= 4 is 29.3 Å². The van der Waals surface area contributed by atoms with Crippen molar-refractivity contribution < 1.29 is 19.4 Å². The topological polar surface area (TPSA) is 75.6 Å². The number of hydrogen-bond acceptors (Lipinski definition) is 4. The lowest BCUT2D eigenvalue weighted by molar-refractivity contribution is -0.136. The first-order chi connectivity index (χ1) is 12.1. The molecule has 0 atom stereocenters. The van der Waals surface area contributed by atoms with Crippen molar-refractivity contribution in [3.63, 3.8) is 0 Å². The molecule has 0 saturated carbocycles. The predicted molar refractivity (Wildman–Crippen MR) is 100.0 cm³/mol. The van der Waals surface area contributed by atoms with Gasteiger partial charge in [-0.1, -0.05) is 24.3 Å². The summed E-state index contributed by atoms with van der Waals surface area (Å²) in [5.74, 6) is 0.326. The molecule has 0 heterocycles. The third-order valence-corrected chi connectivity index (χ3v) is 4.47. The standard InChI is InChI=1S/C19H21NO4S/c1-24-12-14-5-7-16(8-6-14)19(23)20-17-4-2-3-15(11-17)13-25-10-9-18(21)22/h2-8,11H,9-10,12-13H2,1H3,(H,20,23)(H,21,22). The number of rotatable bonds is 9. The van der Waals surface area contributed by atoms with E-state index in [1.54, 1.807) is 31.0 Å². The van der Waals surface area contributed by atoms with Crippen molar-refractivity contribution in [3.05, 3.63) is 65.2 Å². The maximum atomic E-state index is 12.3. The normalized spacial score (nSPS) is 10.4. The molecule has 0 spiro atoms. The summed E-state index contributed by atoms with van der Waals surface area (Å²) in [6.07, 6.45) is 0.153. The zero-order chi connectivity index (χ0) is 18.1. The van der Waals surface area contributed by atoms with E-state index < -0.39 is 5.97 Å². The van der Waals surface area contributed by atoms with Gasteiger partial charge in [0.25, 0.3) is 5.91 Å². The number of amides is 1. The summed E-state index contributed by atoms with van der Waals surface area (Å²) in [5.41, 5.74) is 3.37. The lowest BCUT2D eigenvalue weighted by atomic mass is 10.1. The molecule has 5 nitrogen and oxygen atoms in total. The molecule has 2 aromatic rings. The summed E-state index contributed by atoms with van der Waals surface area (Å²) >= 11 is 1.56. The minimum atomic E-state index is -0.787. The molecule has 0 aliphatic carbocycles. The molecule has 0 bridgehead atoms. The van der Waals surface area contributed by atoms with Crippen LogP contribution in [-0.2, 0) is 21.9 Å². The van der Waals surface area contributed by atoms with Gasteiger partial charge in [-0.05, 0) is 35.4 Å². The predicted octanol–water partition coefficient (Wildman–Crippen LogP) is 3.79. The molecule has 2 rings (SSSR count). The summed E-state index contributed by atoms with van der Waals surface area (Å²) in [4.78, 5) is 22.8. The van der Waals surface area contributed by atoms with Crippen molar-refractivity contribution in [3.8, 4) is 0 Å². The monoisotopic (exact) mass is 359 g/mol. The summed E-state index contributed by atoms with van der Waals surface area (Å²) in [6, 6.07) is 14.9. The van der Waals surface area contributed by atoms with E-state index in [1.807, 2.05) is 36.4 Å². The zero-order valence-electron chi connectivity index (χ0n) is 14.0. The van der Waals surface area contributed by atoms with Crippen LogP contribution in [0.3, 0.4) is 0 Å². The van der Waals surface area contributed by atoms with Crippen LogP contribution in [0.4, 0.5) is 5.69 Å². The highest BCUT2D eigenvalue weighted by Crippen LogP contribution is 2.18. The molecule has 0 saturated heterocycles. The van der Waals surface area contributed by atoms with Crippen LogP contribution >= 0.6 is 11.8 Å². The van der Waals surface area contributed by atoms with Gasteiger partial charge < -0.3 is 15.2 Å². The van der Waals surface area contributed by atoms with Crippen LogP contribution in [0.2, 0.25) is 0 Å². The lowest BCUT2D eigenvalue weighted by Gasteiger charge is -2.08. The average molecular weight is 359 g/mol. The third-order valence-electron chi connectivity index (χ3n) is 3.44. The number of hydrogen-bond donors (Lipinski definition) is 2. The van der Waals surface area contributed by atoms with Crippen molar-refractivity contribution in [2.45, 2.75) is 18.8 Å². The van der Waals surface area contributed by atoms with Crippen LogP contribution < -0.4 is 5.32 Å². The molecule has 0 aromatic heterocycles. The quantitative estimate of drug-likeness (QED) is 0.666. The van der Waals surface area contributed by atoms with E-state index in [-0.39, 0.29) is 12.3 Å². The first kappa shape index (κ1) is 19.0. The molecule has 132 valence electrons. The highest BCUT2D eigenvalue weighted by Gasteiger charge is 2.07. The van der Waals surface area contributed by atoms with Crippen LogP contribution in [0.1, 0.15) is 27.9 Å². The van der Waals surface area contributed by atoms with E-state index in [1.165, 1.54) is 0 Å². The van der Waals surface area contributed by atoms with Crippen LogP contribution in [0, 0.1) is 0 Å². The van der Waals surface area contributed by atoms with Crippen LogP contribution in [0.25, 0.3) is 0 Å². The Balaban J connectivity index is 1.91. The number of methoxy groups -OCH3 is 1. The molecule has 0 fully saturated rings. The van der Waals surface area contributed by atoms with Gasteiger partial charge in [0.1, 0.15) is 0 Å². The van der Waals surface area contributed by atoms with E-state index >= 15 is 0 Å². The second-order valence-corrected chi connectivity index (χ2v) is 6.59. The number of carboxylic acids is 1. The molecule has 0 aliphatic heterocycles. The van der Waals surface area contributed by atoms with E-state index in [0.717, 1.165) is 16.8 Å². The highest BCUT2D eigenvalue weighted by atomic mass is 32.2. The smallest absolute Gasteiger partial charge is 0.304 e. The first-order valence-electron chi connectivity index (χ1n) is 7.86. The number of benzene rings is 2. The van der Waals surface area contributed by atoms with E-state index in [0.29, 0.717) is 23.7 Å². The minimum Gasteiger partial charge on any atom is -0.481 e. The Kier molecular flexibility index (Phi) is 7.50. The second kappa shape index (κ2) is 9.86. The first-order valence-corrected chi connectivity index (χ1v) is 9.01. The number of aliphatic carboxylic acids is 1. The number of thioether (sulfide) groups is 1. The zero-order valence-corrected chi connectivity index (χ0v) is 14.8. The SMILES string of the molecule is COCc1ccc(C(=O)Nc2cccc(CSCCC(=O)O)c2)cc1. The van der Waals surface area contributed by atoms with Crippen molar-refractivity contribution in [2.24, 2.45) is 0 Å². The molecule has 2 aromatic carbocycles. The summed E-state index contributed by atoms with van der Waals surface area (Å²) in [7, 11) is 1.63. The van der Waals surface area contributed by atoms with Crippen LogP contribution in [0.5, 0.6) is 0 Å². The molecule has 0 unspecified atom stereocenters. The minimum absolute atomic E-state index is 0.153. The maximum Gasteiger partial charge on any atom is 0.304 e. The number of carbonyl (C=O) groups excluding carboxylic acids is 1. The molecule has 6 heteroatoms. The van der Waals surface area contributed by atoms with Gasteiger partial charge in [0, 0.05) is 29.9 Å². The molecule has 2 N–H and O–H groups in total. The number of ether oxygens (including phenoxy) is 1. The molecule has 25 heavy (non-hydrogen) atoms. The van der Waals surface area contributed by atoms with Crippen LogP contribution in [0.15, 0.2) is 48.5 Å². The van der Waals surface area contributed by atoms with Gasteiger partial charge in [0.15, 0.2) is 0 Å². The van der Waals surface area contributed by atoms with E-state index in [9.17, 15) is 9.59 Å². The largest absolute Gasteiger partial charge is 0.481 e. The van der Waals surface area contributed by atoms with Gasteiger partial charge >= 0.3 is 5.97 Å². The Morgan fingerprint density at radius 1 is 1.12 bits per heavy atom. The fourth-order valence-corrected chi connectivity index (χ4v) is 3.09. The molecule has 1 amide bonds. The number of anilines is 1. The second-order valence-electron chi connectivity index (χ2n) is 5.48. The Labute approximate surface area is 151 Å². The number of carboxylic acid groups (broad SMARTS) is 1. The average Bonchev–Trinajstić information content (AvgIpc) is 2.60. The van der Waals surface area contributed by atoms with E-state index in [4.69, 9.17) is 9.84 Å². The maximum absolute atomic E-state index is 12.3. The van der Waals surface area contributed by atoms with Crippen molar-refractivity contribution in [1.82, 2.24) is 0 Å². The molecule has 0 aliphatic rings. The van der Waals surface area contributed by atoms with Gasteiger partial charge in [0.2, 0.25) is 0 Å². The fraction of sp³-hybridized carbons (Fsp3) is 0.263. The van der Waals surface area contributed by atoms with Gasteiger partial charge in [-0.25, -0.2) is 0 Å². The Morgan fingerprint density at radius 2 is 1.88 bits per heavy atom. The van der Waals surface area contributed by atoms with Crippen LogP contribution in [-0.4, -0.2) is 29.8 Å². The Morgan fingerprint density at radius 3 is 2.56 bits per heavy atom. The Hall–Kier alpha value is -2.31. The van der Waals surface area contributed by atoms with E-state index in [2.05, 4.69) is 5.32 Å². The van der Waals surface area contributed by atoms with Crippen molar-refractivity contribution in [2.75, 3.05) is 18.2 Å². The summed E-state index contributed by atoms with van der Waals surface area (Å²) in [5, 5.41) is 11.5. The van der Waals surface area contributed by atoms with Crippen molar-refractivity contribution in [1.29, 1.82) is 0 Å². The van der Waals surface area contributed by atoms with Gasteiger partial charge in [-0.3, -0.25) is 9.59 Å². The fourth-order valence-electron chi connectivity index (χ4n) is 2.21. The number of carbonyl (C=O) groups is 2. The van der Waals surface area contributed by atoms with Gasteiger partial charge in [0.05, 0.1) is 13.0 Å². The lowest BCUT2D eigenvalue weighted by Crippen LogP contribution is -2.12. The summed E-state index contributed by atoms with van der Waals surface area (Å²) < 4.78 is 5.06. The van der Waals surface area contributed by atoms with Gasteiger partial charge in [-0.15, -0.1) is 0 Å². The van der Waals surface area contributed by atoms with Gasteiger partial charge in [-0.2, -0.15) is 11.8 Å². The molecular weight excluding hydrogens is 338 g/mol. The Bertz CT molecular complexity index is 716. The third kappa shape index (κ3) is 6.60.